The fraction of sp³-hybridized carbons (Fsp3) is 0.727. The third kappa shape index (κ3) is 7.25. The second-order valence-electron chi connectivity index (χ2n) is 9.17. The van der Waals surface area contributed by atoms with Crippen molar-refractivity contribution in [1.82, 2.24) is 20.4 Å². The average molecular weight is 437 g/mol. The molecule has 2 N–H and O–H groups in total. The number of likely N-dealkylation sites (tertiary alicyclic amines) is 1. The lowest BCUT2D eigenvalue weighted by Gasteiger charge is -2.42. The fourth-order valence-electron chi connectivity index (χ4n) is 4.10. The van der Waals surface area contributed by atoms with Crippen LogP contribution in [-0.2, 0) is 19.1 Å². The molecule has 31 heavy (non-hydrogen) atoms. The summed E-state index contributed by atoms with van der Waals surface area (Å²) in [4.78, 5) is 51.9. The van der Waals surface area contributed by atoms with Crippen molar-refractivity contribution in [2.75, 3.05) is 26.2 Å². The second kappa shape index (κ2) is 10.6. The van der Waals surface area contributed by atoms with E-state index in [-0.39, 0.29) is 48.4 Å². The summed E-state index contributed by atoms with van der Waals surface area (Å²) in [5.41, 5.74) is -0.542. The summed E-state index contributed by atoms with van der Waals surface area (Å²) in [7, 11) is 0. The number of carbonyl (C=O) groups excluding carboxylic acids is 4. The van der Waals surface area contributed by atoms with Crippen LogP contribution in [0.4, 0.5) is 4.79 Å². The molecule has 2 heterocycles. The van der Waals surface area contributed by atoms with Gasteiger partial charge in [-0.15, -0.1) is 0 Å². The molecular formula is C22H36N4O5. The predicted molar refractivity (Wildman–Crippen MR) is 116 cm³/mol. The van der Waals surface area contributed by atoms with Crippen molar-refractivity contribution in [3.8, 4) is 0 Å². The van der Waals surface area contributed by atoms with E-state index in [1.54, 1.807) is 11.8 Å². The highest BCUT2D eigenvalue weighted by atomic mass is 16.6. The lowest BCUT2D eigenvalue weighted by molar-refractivity contribution is -0.133. The van der Waals surface area contributed by atoms with Crippen molar-refractivity contribution >= 4 is 23.8 Å². The number of rotatable bonds is 6. The third-order valence-electron chi connectivity index (χ3n) is 5.69. The Hall–Kier alpha value is -2.58. The highest BCUT2D eigenvalue weighted by Gasteiger charge is 2.38. The van der Waals surface area contributed by atoms with E-state index >= 15 is 0 Å². The number of ether oxygens (including phenoxy) is 1. The third-order valence-corrected chi connectivity index (χ3v) is 5.69. The van der Waals surface area contributed by atoms with Gasteiger partial charge >= 0.3 is 6.09 Å². The Morgan fingerprint density at radius 1 is 1.26 bits per heavy atom. The van der Waals surface area contributed by atoms with Gasteiger partial charge in [0.1, 0.15) is 5.60 Å². The van der Waals surface area contributed by atoms with Crippen molar-refractivity contribution in [3.05, 3.63) is 12.7 Å². The minimum absolute atomic E-state index is 0.0258. The van der Waals surface area contributed by atoms with E-state index in [2.05, 4.69) is 17.2 Å². The summed E-state index contributed by atoms with van der Waals surface area (Å²) < 4.78 is 5.45. The summed E-state index contributed by atoms with van der Waals surface area (Å²) >= 11 is 0. The van der Waals surface area contributed by atoms with Crippen molar-refractivity contribution in [2.24, 2.45) is 5.92 Å². The molecule has 0 radical (unpaired) electrons. The first-order valence-electron chi connectivity index (χ1n) is 11.0. The molecule has 0 bridgehead atoms. The summed E-state index contributed by atoms with van der Waals surface area (Å²) in [6, 6.07) is -0.406. The van der Waals surface area contributed by atoms with E-state index in [0.717, 1.165) is 0 Å². The molecule has 2 atom stereocenters. The van der Waals surface area contributed by atoms with E-state index in [0.29, 0.717) is 45.3 Å². The van der Waals surface area contributed by atoms with Crippen molar-refractivity contribution in [1.29, 1.82) is 0 Å². The van der Waals surface area contributed by atoms with Gasteiger partial charge < -0.3 is 25.2 Å². The fourth-order valence-corrected chi connectivity index (χ4v) is 4.10. The van der Waals surface area contributed by atoms with Crippen molar-refractivity contribution in [3.63, 3.8) is 0 Å². The van der Waals surface area contributed by atoms with Crippen LogP contribution in [0.1, 0.15) is 53.4 Å². The molecule has 0 aromatic carbocycles. The molecule has 0 saturated carbocycles. The van der Waals surface area contributed by atoms with Crippen LogP contribution in [0.2, 0.25) is 0 Å². The SMILES string of the molecule is C=CC(=O)N(CC)CC(=O)N[C@@H]1CCC(=O)N[C@H]1C1CCN(C(=O)OC(C)(C)C)CC1. The van der Waals surface area contributed by atoms with Gasteiger partial charge in [-0.05, 0) is 59.0 Å². The maximum Gasteiger partial charge on any atom is 0.410 e. The smallest absolute Gasteiger partial charge is 0.410 e. The van der Waals surface area contributed by atoms with Gasteiger partial charge in [-0.1, -0.05) is 6.58 Å². The Morgan fingerprint density at radius 3 is 2.45 bits per heavy atom. The number of nitrogens with one attached hydrogen (secondary N) is 2. The van der Waals surface area contributed by atoms with Gasteiger partial charge in [0.25, 0.3) is 0 Å². The molecular weight excluding hydrogens is 400 g/mol. The Bertz CT molecular complexity index is 695. The van der Waals surface area contributed by atoms with Crippen LogP contribution in [0.25, 0.3) is 0 Å². The van der Waals surface area contributed by atoms with E-state index in [9.17, 15) is 19.2 Å². The normalized spacial score (nSPS) is 22.3. The van der Waals surface area contributed by atoms with E-state index < -0.39 is 5.60 Å². The molecule has 4 amide bonds. The zero-order chi connectivity index (χ0) is 23.2. The Balaban J connectivity index is 1.96. The van der Waals surface area contributed by atoms with Crippen molar-refractivity contribution in [2.45, 2.75) is 71.1 Å². The minimum atomic E-state index is -0.542. The summed E-state index contributed by atoms with van der Waals surface area (Å²) in [5.74, 6) is -0.428. The number of nitrogens with zero attached hydrogens (tertiary/aromatic N) is 2. The maximum absolute atomic E-state index is 12.6. The molecule has 9 heteroatoms. The average Bonchev–Trinajstić information content (AvgIpc) is 2.71. The van der Waals surface area contributed by atoms with Gasteiger partial charge in [-0.25, -0.2) is 4.79 Å². The van der Waals surface area contributed by atoms with Crippen LogP contribution in [0.5, 0.6) is 0 Å². The molecule has 0 spiro atoms. The van der Waals surface area contributed by atoms with Gasteiger partial charge in [0.15, 0.2) is 0 Å². The van der Waals surface area contributed by atoms with Crippen LogP contribution in [0, 0.1) is 5.92 Å². The summed E-state index contributed by atoms with van der Waals surface area (Å²) in [5, 5.41) is 6.05. The topological polar surface area (TPSA) is 108 Å². The molecule has 2 saturated heterocycles. The standard InChI is InChI=1S/C22H36N4O5/c1-6-19(29)25(7-2)14-18(28)23-16-8-9-17(27)24-20(16)15-10-12-26(13-11-15)21(30)31-22(3,4)5/h6,15-16,20H,1,7-14H2,2-5H3,(H,23,28)(H,24,27)/t16-,20+/m1/s1. The number of hydrogen-bond donors (Lipinski definition) is 2. The second-order valence-corrected chi connectivity index (χ2v) is 9.17. The predicted octanol–water partition coefficient (Wildman–Crippen LogP) is 1.43. The molecule has 2 rings (SSSR count). The van der Waals surface area contributed by atoms with Crippen molar-refractivity contribution < 1.29 is 23.9 Å². The number of piperidine rings is 2. The largest absolute Gasteiger partial charge is 0.444 e. The summed E-state index contributed by atoms with van der Waals surface area (Å²) in [6.45, 7) is 12.2. The quantitative estimate of drug-likeness (QED) is 0.613. The molecule has 0 aromatic heterocycles. The first-order chi connectivity index (χ1) is 14.5. The Labute approximate surface area is 184 Å². The molecule has 2 aliphatic heterocycles. The molecule has 2 fully saturated rings. The van der Waals surface area contributed by atoms with Crippen LogP contribution >= 0.6 is 0 Å². The number of hydrogen-bond acceptors (Lipinski definition) is 5. The van der Waals surface area contributed by atoms with Crippen LogP contribution in [0.3, 0.4) is 0 Å². The zero-order valence-electron chi connectivity index (χ0n) is 19.1. The van der Waals surface area contributed by atoms with E-state index in [4.69, 9.17) is 4.74 Å². The lowest BCUT2D eigenvalue weighted by Crippen LogP contribution is -2.60. The zero-order valence-corrected chi connectivity index (χ0v) is 19.1. The number of carbonyl (C=O) groups is 4. The summed E-state index contributed by atoms with van der Waals surface area (Å²) in [6.07, 6.45) is 3.20. The maximum atomic E-state index is 12.6. The van der Waals surface area contributed by atoms with Gasteiger partial charge in [-0.2, -0.15) is 0 Å². The van der Waals surface area contributed by atoms with Gasteiger partial charge in [0, 0.05) is 32.1 Å². The van der Waals surface area contributed by atoms with Gasteiger partial charge in [0.2, 0.25) is 17.7 Å². The van der Waals surface area contributed by atoms with E-state index in [1.165, 1.54) is 11.0 Å². The van der Waals surface area contributed by atoms with Crippen LogP contribution < -0.4 is 10.6 Å². The molecule has 0 aromatic rings. The highest BCUT2D eigenvalue weighted by Crippen LogP contribution is 2.27. The number of amides is 4. The van der Waals surface area contributed by atoms with Crippen LogP contribution in [0.15, 0.2) is 12.7 Å². The lowest BCUT2D eigenvalue weighted by atomic mass is 9.82. The van der Waals surface area contributed by atoms with Crippen LogP contribution in [-0.4, -0.2) is 77.5 Å². The first-order valence-corrected chi connectivity index (χ1v) is 11.0. The Kier molecular flexibility index (Phi) is 8.47. The molecule has 2 aliphatic rings. The molecule has 0 unspecified atom stereocenters. The number of likely N-dealkylation sites (N-methyl/N-ethyl adjacent to an activating group) is 1. The monoisotopic (exact) mass is 436 g/mol. The first kappa shape index (κ1) is 24.7. The van der Waals surface area contributed by atoms with E-state index in [1.807, 2.05) is 20.8 Å². The van der Waals surface area contributed by atoms with Gasteiger partial charge in [0.05, 0.1) is 12.6 Å². The molecule has 0 aliphatic carbocycles. The van der Waals surface area contributed by atoms with Gasteiger partial charge in [-0.3, -0.25) is 14.4 Å². The molecule has 9 nitrogen and oxygen atoms in total. The minimum Gasteiger partial charge on any atom is -0.444 e. The Morgan fingerprint density at radius 2 is 1.90 bits per heavy atom. The molecule has 174 valence electrons. The highest BCUT2D eigenvalue weighted by molar-refractivity contribution is 5.91.